The van der Waals surface area contributed by atoms with Gasteiger partial charge in [-0.05, 0) is 39.3 Å². The molecule has 0 aliphatic heterocycles. The third kappa shape index (κ3) is 2.84. The van der Waals surface area contributed by atoms with Gasteiger partial charge in [0.05, 0.1) is 18.4 Å². The number of benzene rings is 1. The van der Waals surface area contributed by atoms with Crippen LogP contribution < -0.4 is 9.64 Å². The lowest BCUT2D eigenvalue weighted by Gasteiger charge is -2.31. The molecule has 1 rings (SSSR count). The van der Waals surface area contributed by atoms with Crippen LogP contribution in [-0.4, -0.2) is 25.5 Å². The Hall–Kier alpha value is -1.51. The summed E-state index contributed by atoms with van der Waals surface area (Å²) in [4.78, 5) is 14.1. The van der Waals surface area contributed by atoms with E-state index in [1.54, 1.807) is 14.0 Å². The van der Waals surface area contributed by atoms with Gasteiger partial charge in [-0.2, -0.15) is 0 Å². The zero-order chi connectivity index (χ0) is 13.7. The largest absolute Gasteiger partial charge is 0.496 e. The molecule has 0 aliphatic rings. The molecular weight excluding hydrogens is 226 g/mol. The van der Waals surface area contributed by atoms with Crippen LogP contribution in [0.4, 0.5) is 5.69 Å². The van der Waals surface area contributed by atoms with Crippen molar-refractivity contribution in [3.05, 3.63) is 23.8 Å². The van der Waals surface area contributed by atoms with Crippen LogP contribution in [0.1, 0.15) is 44.5 Å². The van der Waals surface area contributed by atoms with Gasteiger partial charge in [0.2, 0.25) is 0 Å². The molecule has 1 atom stereocenters. The van der Waals surface area contributed by atoms with Gasteiger partial charge in [-0.25, -0.2) is 0 Å². The van der Waals surface area contributed by atoms with Crippen molar-refractivity contribution in [1.29, 1.82) is 0 Å². The fraction of sp³-hybridized carbons (Fsp3) is 0.533. The lowest BCUT2D eigenvalue weighted by Crippen LogP contribution is -2.33. The van der Waals surface area contributed by atoms with Crippen LogP contribution in [0.2, 0.25) is 0 Å². The van der Waals surface area contributed by atoms with E-state index in [0.29, 0.717) is 17.4 Å². The second-order valence-corrected chi connectivity index (χ2v) is 4.45. The molecule has 18 heavy (non-hydrogen) atoms. The van der Waals surface area contributed by atoms with Gasteiger partial charge in [0.15, 0.2) is 5.78 Å². The van der Waals surface area contributed by atoms with Crippen LogP contribution in [0.15, 0.2) is 18.2 Å². The van der Waals surface area contributed by atoms with Gasteiger partial charge >= 0.3 is 0 Å². The number of ketones is 1. The summed E-state index contributed by atoms with van der Waals surface area (Å²) in [6.07, 6.45) is 1.04. The Morgan fingerprint density at radius 2 is 2.06 bits per heavy atom. The molecule has 1 aromatic carbocycles. The topological polar surface area (TPSA) is 29.5 Å². The number of ether oxygens (including phenoxy) is 1. The molecule has 0 N–H and O–H groups in total. The van der Waals surface area contributed by atoms with Crippen molar-refractivity contribution < 1.29 is 9.53 Å². The van der Waals surface area contributed by atoms with Gasteiger partial charge in [-0.15, -0.1) is 0 Å². The number of anilines is 1. The maximum atomic E-state index is 11.9. The second kappa shape index (κ2) is 6.43. The number of nitrogens with zero attached hydrogens (tertiary/aromatic N) is 1. The average Bonchev–Trinajstić information content (AvgIpc) is 2.38. The quantitative estimate of drug-likeness (QED) is 0.722. The Morgan fingerprint density at radius 3 is 2.50 bits per heavy atom. The van der Waals surface area contributed by atoms with Gasteiger partial charge < -0.3 is 9.64 Å². The predicted octanol–water partition coefficient (Wildman–Crippen LogP) is 3.52. The molecule has 0 fully saturated rings. The predicted molar refractivity (Wildman–Crippen MR) is 75.8 cm³/mol. The van der Waals surface area contributed by atoms with Gasteiger partial charge in [0.1, 0.15) is 5.75 Å². The fourth-order valence-corrected chi connectivity index (χ4v) is 2.22. The molecule has 3 heteroatoms. The van der Waals surface area contributed by atoms with E-state index >= 15 is 0 Å². The summed E-state index contributed by atoms with van der Waals surface area (Å²) in [5.41, 5.74) is 1.65. The van der Waals surface area contributed by atoms with Gasteiger partial charge in [0, 0.05) is 12.6 Å². The summed E-state index contributed by atoms with van der Waals surface area (Å²) < 4.78 is 5.31. The zero-order valence-corrected chi connectivity index (χ0v) is 12.0. The Balaban J connectivity index is 3.33. The first-order valence-electron chi connectivity index (χ1n) is 6.51. The second-order valence-electron chi connectivity index (χ2n) is 4.45. The van der Waals surface area contributed by atoms with Crippen LogP contribution in [0.3, 0.4) is 0 Å². The van der Waals surface area contributed by atoms with Gasteiger partial charge in [-0.3, -0.25) is 4.79 Å². The standard InChI is InChI=1S/C15H23NO2/c1-6-11(3)16(7-2)13-9-8-10-14(18-5)15(13)12(4)17/h8-11H,6-7H2,1-5H3. The van der Waals surface area contributed by atoms with Crippen LogP contribution in [0, 0.1) is 0 Å². The van der Waals surface area contributed by atoms with Crippen molar-refractivity contribution in [2.75, 3.05) is 18.6 Å². The van der Waals surface area contributed by atoms with E-state index in [0.717, 1.165) is 18.7 Å². The maximum Gasteiger partial charge on any atom is 0.165 e. The monoisotopic (exact) mass is 249 g/mol. The van der Waals surface area contributed by atoms with E-state index in [2.05, 4.69) is 25.7 Å². The molecule has 0 saturated heterocycles. The number of hydrogen-bond acceptors (Lipinski definition) is 3. The number of carbonyl (C=O) groups is 1. The van der Waals surface area contributed by atoms with Gasteiger partial charge in [0.25, 0.3) is 0 Å². The van der Waals surface area contributed by atoms with E-state index in [-0.39, 0.29) is 5.78 Å². The molecule has 1 unspecified atom stereocenters. The summed E-state index contributed by atoms with van der Waals surface area (Å²) in [5.74, 6) is 0.700. The summed E-state index contributed by atoms with van der Waals surface area (Å²) in [6.45, 7) is 8.90. The first-order valence-corrected chi connectivity index (χ1v) is 6.51. The average molecular weight is 249 g/mol. The van der Waals surface area contributed by atoms with Crippen molar-refractivity contribution >= 4 is 11.5 Å². The van der Waals surface area contributed by atoms with E-state index < -0.39 is 0 Å². The highest BCUT2D eigenvalue weighted by Crippen LogP contribution is 2.31. The van der Waals surface area contributed by atoms with Crippen molar-refractivity contribution in [3.8, 4) is 5.75 Å². The minimum atomic E-state index is 0.0456. The number of hydrogen-bond donors (Lipinski definition) is 0. The van der Waals surface area contributed by atoms with Crippen molar-refractivity contribution in [3.63, 3.8) is 0 Å². The SMILES string of the molecule is CCC(C)N(CC)c1cccc(OC)c1C(C)=O. The molecule has 0 spiro atoms. The van der Waals surface area contributed by atoms with Crippen LogP contribution in [0.25, 0.3) is 0 Å². The van der Waals surface area contributed by atoms with Crippen molar-refractivity contribution in [2.24, 2.45) is 0 Å². The molecular formula is C15H23NO2. The number of methoxy groups -OCH3 is 1. The molecule has 3 nitrogen and oxygen atoms in total. The van der Waals surface area contributed by atoms with Crippen molar-refractivity contribution in [1.82, 2.24) is 0 Å². The number of carbonyl (C=O) groups excluding carboxylic acids is 1. The Bertz CT molecular complexity index is 415. The highest BCUT2D eigenvalue weighted by atomic mass is 16.5. The number of rotatable bonds is 6. The Labute approximate surface area is 110 Å². The molecule has 0 radical (unpaired) electrons. The summed E-state index contributed by atoms with van der Waals surface area (Å²) in [5, 5.41) is 0. The van der Waals surface area contributed by atoms with Crippen LogP contribution >= 0.6 is 0 Å². The Kier molecular flexibility index (Phi) is 5.20. The highest BCUT2D eigenvalue weighted by molar-refractivity contribution is 6.02. The zero-order valence-electron chi connectivity index (χ0n) is 12.0. The summed E-state index contributed by atoms with van der Waals surface area (Å²) >= 11 is 0. The first-order chi connectivity index (χ1) is 8.56. The third-order valence-electron chi connectivity index (χ3n) is 3.35. The number of Topliss-reactive ketones (excluding diaryl/α,β-unsaturated/α-hetero) is 1. The van der Waals surface area contributed by atoms with Crippen LogP contribution in [0.5, 0.6) is 5.75 Å². The van der Waals surface area contributed by atoms with E-state index in [1.165, 1.54) is 0 Å². The van der Waals surface area contributed by atoms with E-state index in [1.807, 2.05) is 18.2 Å². The molecule has 0 heterocycles. The summed E-state index contributed by atoms with van der Waals surface area (Å²) in [6, 6.07) is 6.17. The fourth-order valence-electron chi connectivity index (χ4n) is 2.22. The van der Waals surface area contributed by atoms with Crippen LogP contribution in [-0.2, 0) is 0 Å². The molecule has 0 amide bonds. The molecule has 0 saturated carbocycles. The van der Waals surface area contributed by atoms with E-state index in [4.69, 9.17) is 4.74 Å². The molecule has 0 aromatic heterocycles. The summed E-state index contributed by atoms with van der Waals surface area (Å²) in [7, 11) is 1.60. The lowest BCUT2D eigenvalue weighted by molar-refractivity contribution is 0.101. The third-order valence-corrected chi connectivity index (χ3v) is 3.35. The Morgan fingerprint density at radius 1 is 1.39 bits per heavy atom. The first kappa shape index (κ1) is 14.6. The molecule has 100 valence electrons. The minimum Gasteiger partial charge on any atom is -0.496 e. The smallest absolute Gasteiger partial charge is 0.165 e. The van der Waals surface area contributed by atoms with Crippen molar-refractivity contribution in [2.45, 2.75) is 40.2 Å². The molecule has 0 bridgehead atoms. The van der Waals surface area contributed by atoms with E-state index in [9.17, 15) is 4.79 Å². The minimum absolute atomic E-state index is 0.0456. The lowest BCUT2D eigenvalue weighted by atomic mass is 10.0. The molecule has 0 aliphatic carbocycles. The maximum absolute atomic E-state index is 11.9. The highest BCUT2D eigenvalue weighted by Gasteiger charge is 2.20. The normalized spacial score (nSPS) is 12.1. The molecule has 1 aromatic rings. The van der Waals surface area contributed by atoms with Gasteiger partial charge in [-0.1, -0.05) is 13.0 Å².